The lowest BCUT2D eigenvalue weighted by atomic mass is 10.5. The summed E-state index contributed by atoms with van der Waals surface area (Å²) in [5.74, 6) is 0.754. The number of hydrogen-bond donors (Lipinski definition) is 1. The molecule has 11 heavy (non-hydrogen) atoms. The zero-order valence-corrected chi connectivity index (χ0v) is 7.27. The number of fused-ring (bicyclic) bond motifs is 1. The van der Waals surface area contributed by atoms with Crippen LogP contribution in [-0.2, 0) is 0 Å². The quantitative estimate of drug-likeness (QED) is 0.647. The lowest BCUT2D eigenvalue weighted by molar-refractivity contribution is 1.22. The molecule has 0 saturated carbocycles. The first-order valence-corrected chi connectivity index (χ1v) is 4.20. The minimum Gasteiger partial charge on any atom is -0.383 e. The molecule has 0 aliphatic rings. The van der Waals surface area contributed by atoms with E-state index in [1.165, 1.54) is 4.88 Å². The van der Waals surface area contributed by atoms with Gasteiger partial charge in [-0.05, 0) is 13.8 Å². The minimum atomic E-state index is 0.754. The van der Waals surface area contributed by atoms with Gasteiger partial charge in [-0.2, -0.15) is 0 Å². The molecule has 0 atom stereocenters. The lowest BCUT2D eigenvalue weighted by Gasteiger charge is -1.87. The second-order valence-electron chi connectivity index (χ2n) is 2.58. The molecule has 0 saturated heterocycles. The van der Waals surface area contributed by atoms with Crippen LogP contribution in [0.3, 0.4) is 0 Å². The van der Waals surface area contributed by atoms with Gasteiger partial charge in [0.15, 0.2) is 4.96 Å². The smallest absolute Gasteiger partial charge is 0.195 e. The summed E-state index contributed by atoms with van der Waals surface area (Å²) in [7, 11) is 0. The van der Waals surface area contributed by atoms with Gasteiger partial charge in [0, 0.05) is 11.1 Å². The molecule has 0 bridgehead atoms. The Morgan fingerprint density at radius 1 is 1.55 bits per heavy atom. The molecular formula is C7H9N3S. The van der Waals surface area contributed by atoms with E-state index in [-0.39, 0.29) is 0 Å². The Hall–Kier alpha value is -1.03. The van der Waals surface area contributed by atoms with Gasteiger partial charge in [0.25, 0.3) is 0 Å². The number of rotatable bonds is 0. The van der Waals surface area contributed by atoms with Crippen LogP contribution in [0.25, 0.3) is 4.96 Å². The molecule has 2 rings (SSSR count). The van der Waals surface area contributed by atoms with Crippen molar-refractivity contribution in [3.63, 3.8) is 0 Å². The second kappa shape index (κ2) is 1.98. The van der Waals surface area contributed by atoms with Crippen LogP contribution in [0, 0.1) is 13.8 Å². The fourth-order valence-electron chi connectivity index (χ4n) is 1.08. The van der Waals surface area contributed by atoms with Crippen LogP contribution in [0.5, 0.6) is 0 Å². The Labute approximate surface area is 68.5 Å². The standard InChI is InChI=1S/C7H9N3S/c1-4-3-10-6(8)5(2)9-7(10)11-4/h3H,8H2,1-2H3. The highest BCUT2D eigenvalue weighted by atomic mass is 32.1. The van der Waals surface area contributed by atoms with E-state index in [1.54, 1.807) is 11.3 Å². The van der Waals surface area contributed by atoms with Gasteiger partial charge in [0.1, 0.15) is 5.82 Å². The fraction of sp³-hybridized carbons (Fsp3) is 0.286. The summed E-state index contributed by atoms with van der Waals surface area (Å²) in [6, 6.07) is 0. The average Bonchev–Trinajstić information content (AvgIpc) is 2.37. The van der Waals surface area contributed by atoms with Gasteiger partial charge >= 0.3 is 0 Å². The van der Waals surface area contributed by atoms with Gasteiger partial charge in [-0.25, -0.2) is 4.98 Å². The second-order valence-corrected chi connectivity index (χ2v) is 3.79. The summed E-state index contributed by atoms with van der Waals surface area (Å²) >= 11 is 1.66. The van der Waals surface area contributed by atoms with E-state index in [0.29, 0.717) is 0 Å². The number of thiazole rings is 1. The number of nitrogens with zero attached hydrogens (tertiary/aromatic N) is 2. The molecule has 0 aliphatic carbocycles. The summed E-state index contributed by atoms with van der Waals surface area (Å²) in [5, 5.41) is 0. The number of nitrogens with two attached hydrogens (primary N) is 1. The molecule has 3 nitrogen and oxygen atoms in total. The van der Waals surface area contributed by atoms with Gasteiger partial charge < -0.3 is 5.73 Å². The molecule has 0 fully saturated rings. The first-order chi connectivity index (χ1) is 5.18. The maximum Gasteiger partial charge on any atom is 0.195 e. The molecule has 2 heterocycles. The van der Waals surface area contributed by atoms with Crippen LogP contribution in [-0.4, -0.2) is 9.38 Å². The third-order valence-corrected chi connectivity index (χ3v) is 2.56. The Bertz CT molecular complexity index is 399. The van der Waals surface area contributed by atoms with Crippen LogP contribution in [0.4, 0.5) is 5.82 Å². The average molecular weight is 167 g/mol. The zero-order chi connectivity index (χ0) is 8.01. The SMILES string of the molecule is Cc1cn2c(N)c(C)nc2s1. The Balaban J connectivity index is 2.88. The summed E-state index contributed by atoms with van der Waals surface area (Å²) in [5.41, 5.74) is 6.67. The number of nitrogen functional groups attached to an aromatic ring is 1. The van der Waals surface area contributed by atoms with E-state index in [9.17, 15) is 0 Å². The van der Waals surface area contributed by atoms with Crippen molar-refractivity contribution in [2.75, 3.05) is 5.73 Å². The monoisotopic (exact) mass is 167 g/mol. The normalized spacial score (nSPS) is 11.1. The first-order valence-electron chi connectivity index (χ1n) is 3.39. The van der Waals surface area contributed by atoms with Crippen molar-refractivity contribution in [2.24, 2.45) is 0 Å². The molecule has 2 aromatic rings. The van der Waals surface area contributed by atoms with E-state index in [2.05, 4.69) is 4.98 Å². The molecule has 4 heteroatoms. The van der Waals surface area contributed by atoms with Crippen molar-refractivity contribution in [2.45, 2.75) is 13.8 Å². The molecule has 0 aliphatic heterocycles. The Kier molecular flexibility index (Phi) is 1.20. The predicted octanol–water partition coefficient (Wildman–Crippen LogP) is 1.59. The van der Waals surface area contributed by atoms with Gasteiger partial charge in [-0.3, -0.25) is 4.40 Å². The van der Waals surface area contributed by atoms with Crippen molar-refractivity contribution < 1.29 is 0 Å². The van der Waals surface area contributed by atoms with E-state index >= 15 is 0 Å². The molecule has 0 unspecified atom stereocenters. The fourth-order valence-corrected chi connectivity index (χ4v) is 1.96. The van der Waals surface area contributed by atoms with Crippen LogP contribution in [0.1, 0.15) is 10.6 Å². The Morgan fingerprint density at radius 2 is 2.27 bits per heavy atom. The molecule has 58 valence electrons. The highest BCUT2D eigenvalue weighted by molar-refractivity contribution is 7.17. The highest BCUT2D eigenvalue weighted by Crippen LogP contribution is 2.21. The van der Waals surface area contributed by atoms with Crippen LogP contribution in [0.2, 0.25) is 0 Å². The van der Waals surface area contributed by atoms with Crippen molar-refractivity contribution in [3.05, 3.63) is 16.8 Å². The minimum absolute atomic E-state index is 0.754. The van der Waals surface area contributed by atoms with Crippen molar-refractivity contribution in [3.8, 4) is 0 Å². The number of aromatic nitrogens is 2. The molecule has 0 amide bonds. The molecule has 0 spiro atoms. The van der Waals surface area contributed by atoms with Crippen molar-refractivity contribution >= 4 is 22.1 Å². The van der Waals surface area contributed by atoms with E-state index < -0.39 is 0 Å². The molecule has 0 radical (unpaired) electrons. The summed E-state index contributed by atoms with van der Waals surface area (Å²) in [6.45, 7) is 3.97. The number of anilines is 1. The highest BCUT2D eigenvalue weighted by Gasteiger charge is 2.06. The van der Waals surface area contributed by atoms with Crippen LogP contribution in [0.15, 0.2) is 6.20 Å². The molecule has 2 N–H and O–H groups in total. The van der Waals surface area contributed by atoms with Gasteiger partial charge in [-0.15, -0.1) is 11.3 Å². The van der Waals surface area contributed by atoms with Gasteiger partial charge in [-0.1, -0.05) is 0 Å². The summed E-state index contributed by atoms with van der Waals surface area (Å²) in [4.78, 5) is 6.51. The largest absolute Gasteiger partial charge is 0.383 e. The van der Waals surface area contributed by atoms with E-state index in [0.717, 1.165) is 16.5 Å². The number of hydrogen-bond acceptors (Lipinski definition) is 3. The third-order valence-electron chi connectivity index (χ3n) is 1.66. The topological polar surface area (TPSA) is 43.3 Å². The van der Waals surface area contributed by atoms with Gasteiger partial charge in [0.2, 0.25) is 0 Å². The first kappa shape index (κ1) is 6.67. The molecule has 2 aromatic heterocycles. The number of imidazole rings is 1. The van der Waals surface area contributed by atoms with Crippen molar-refractivity contribution in [1.82, 2.24) is 9.38 Å². The maximum atomic E-state index is 5.76. The maximum absolute atomic E-state index is 5.76. The predicted molar refractivity (Wildman–Crippen MR) is 47.0 cm³/mol. The van der Waals surface area contributed by atoms with Crippen molar-refractivity contribution in [1.29, 1.82) is 0 Å². The number of aryl methyl sites for hydroxylation is 2. The lowest BCUT2D eigenvalue weighted by Crippen LogP contribution is -1.90. The third kappa shape index (κ3) is 0.826. The van der Waals surface area contributed by atoms with E-state index in [4.69, 9.17) is 5.73 Å². The summed E-state index contributed by atoms with van der Waals surface area (Å²) < 4.78 is 1.93. The zero-order valence-electron chi connectivity index (χ0n) is 6.46. The molecule has 0 aromatic carbocycles. The summed E-state index contributed by atoms with van der Waals surface area (Å²) in [6.07, 6.45) is 2.01. The van der Waals surface area contributed by atoms with Crippen LogP contribution >= 0.6 is 11.3 Å². The van der Waals surface area contributed by atoms with E-state index in [1.807, 2.05) is 24.4 Å². The van der Waals surface area contributed by atoms with Gasteiger partial charge in [0.05, 0.1) is 5.69 Å². The molecular weight excluding hydrogens is 158 g/mol. The van der Waals surface area contributed by atoms with Crippen LogP contribution < -0.4 is 5.73 Å². The Morgan fingerprint density at radius 3 is 2.91 bits per heavy atom.